The van der Waals surface area contributed by atoms with Crippen molar-refractivity contribution < 1.29 is 58.2 Å². The van der Waals surface area contributed by atoms with E-state index in [0.29, 0.717) is 0 Å². The van der Waals surface area contributed by atoms with Gasteiger partial charge in [0.25, 0.3) is 0 Å². The average Bonchev–Trinajstić information content (AvgIpc) is 0.918. The van der Waals surface area contributed by atoms with Crippen LogP contribution in [-0.2, 0) is 0 Å². The van der Waals surface area contributed by atoms with Crippen LogP contribution < -0.4 is 58.2 Å². The predicted octanol–water partition coefficient (Wildman–Crippen LogP) is -1.77. The quantitative estimate of drug-likeness (QED) is 0.339. The van der Waals surface area contributed by atoms with Crippen molar-refractivity contribution in [2.75, 3.05) is 0 Å². The summed E-state index contributed by atoms with van der Waals surface area (Å²) in [5, 5.41) is 0. The van der Waals surface area contributed by atoms with Crippen molar-refractivity contribution in [1.82, 2.24) is 0 Å². The third-order valence-electron chi connectivity index (χ3n) is 0. The molecule has 0 aliphatic carbocycles. The van der Waals surface area contributed by atoms with Crippen LogP contribution in [0.5, 0.6) is 0 Å². The Labute approximate surface area is 76.8 Å². The topological polar surface area (TPSA) is 0 Å². The predicted molar refractivity (Wildman–Crippen MR) is 15.6 cm³/mol. The summed E-state index contributed by atoms with van der Waals surface area (Å²) in [5.74, 6) is 0. The van der Waals surface area contributed by atoms with Crippen LogP contribution in [0.4, 0.5) is 0 Å². The molecule has 0 fully saturated rings. The van der Waals surface area contributed by atoms with Gasteiger partial charge < -0.3 is 6.92 Å². The first kappa shape index (κ1) is 9.26. The Hall–Kier alpha value is 1.81. The fourth-order valence-electron chi connectivity index (χ4n) is 0. The first-order valence-corrected chi connectivity index (χ1v) is 1.21. The Morgan fingerprint density at radius 3 is 1.75 bits per heavy atom. The van der Waals surface area contributed by atoms with Gasteiger partial charge in [-0.3, -0.25) is 0 Å². The van der Waals surface area contributed by atoms with Crippen molar-refractivity contribution in [1.29, 1.82) is 0 Å². The van der Waals surface area contributed by atoms with E-state index in [1.54, 1.807) is 0 Å². The van der Waals surface area contributed by atoms with E-state index < -0.39 is 0 Å². The molecule has 0 atom stereocenters. The van der Waals surface area contributed by atoms with Gasteiger partial charge in [-0.25, -0.2) is 0 Å². The van der Waals surface area contributed by atoms with Crippen LogP contribution in [0.1, 0.15) is 13.3 Å². The molecule has 0 aliphatic heterocycles. The molecular weight excluding hydrogens is 122 g/mol. The molecule has 0 aromatic heterocycles. The molecule has 1 heteroatoms. The minimum Gasteiger partial charge on any atom is -0.344 e. The van der Waals surface area contributed by atoms with Gasteiger partial charge in [-0.1, -0.05) is 6.92 Å². The zero-order chi connectivity index (χ0) is 2.71. The third-order valence-corrected chi connectivity index (χ3v) is 0. The summed E-state index contributed by atoms with van der Waals surface area (Å²) in [4.78, 5) is 0. The minimum atomic E-state index is 0. The molecular formula is C3H7Rb. The van der Waals surface area contributed by atoms with Gasteiger partial charge in [0.2, 0.25) is 0 Å². The van der Waals surface area contributed by atoms with Gasteiger partial charge in [-0.05, 0) is 0 Å². The smallest absolute Gasteiger partial charge is 0.344 e. The van der Waals surface area contributed by atoms with E-state index >= 15 is 0 Å². The Morgan fingerprint density at radius 1 is 1.75 bits per heavy atom. The van der Waals surface area contributed by atoms with Gasteiger partial charge in [0.15, 0.2) is 0 Å². The number of rotatable bonds is 0. The molecule has 0 saturated carbocycles. The summed E-state index contributed by atoms with van der Waals surface area (Å²) in [5.41, 5.74) is 0. The maximum Gasteiger partial charge on any atom is 1.00 e. The number of hydrogen-bond acceptors (Lipinski definition) is 0. The van der Waals surface area contributed by atoms with E-state index in [0.717, 1.165) is 6.42 Å². The van der Waals surface area contributed by atoms with Crippen LogP contribution in [0, 0.1) is 6.92 Å². The van der Waals surface area contributed by atoms with Crippen molar-refractivity contribution in [3.8, 4) is 0 Å². The zero-order valence-corrected chi connectivity index (χ0v) is 8.33. The second-order valence-electron chi connectivity index (χ2n) is 0.500. The summed E-state index contributed by atoms with van der Waals surface area (Å²) in [6.07, 6.45) is 1.00. The molecule has 0 saturated heterocycles. The van der Waals surface area contributed by atoms with Crippen molar-refractivity contribution in [3.05, 3.63) is 6.92 Å². The van der Waals surface area contributed by atoms with Crippen LogP contribution in [-0.4, -0.2) is 0 Å². The Morgan fingerprint density at radius 2 is 1.75 bits per heavy atom. The van der Waals surface area contributed by atoms with E-state index in [9.17, 15) is 0 Å². The van der Waals surface area contributed by atoms with Gasteiger partial charge in [0.05, 0.1) is 0 Å². The van der Waals surface area contributed by atoms with Gasteiger partial charge in [-0.2, -0.15) is 6.42 Å². The van der Waals surface area contributed by atoms with E-state index in [4.69, 9.17) is 0 Å². The Bertz CT molecular complexity index is 3.25. The Kier molecular flexibility index (Phi) is 20.5. The van der Waals surface area contributed by atoms with E-state index in [2.05, 4.69) is 6.92 Å². The van der Waals surface area contributed by atoms with Gasteiger partial charge >= 0.3 is 58.2 Å². The summed E-state index contributed by atoms with van der Waals surface area (Å²) in [7, 11) is 0. The molecule has 0 amide bonds. The van der Waals surface area contributed by atoms with Gasteiger partial charge in [-0.15, -0.1) is 0 Å². The molecule has 0 unspecified atom stereocenters. The zero-order valence-electron chi connectivity index (χ0n) is 3.41. The van der Waals surface area contributed by atoms with Crippen LogP contribution in [0.25, 0.3) is 0 Å². The molecule has 20 valence electrons. The Balaban J connectivity index is 0. The van der Waals surface area contributed by atoms with E-state index in [1.807, 2.05) is 6.92 Å². The molecule has 0 bridgehead atoms. The fourth-order valence-corrected chi connectivity index (χ4v) is 0. The average molecular weight is 129 g/mol. The maximum absolute atomic E-state index is 3.49. The molecule has 0 aromatic rings. The van der Waals surface area contributed by atoms with Crippen LogP contribution in [0.15, 0.2) is 0 Å². The van der Waals surface area contributed by atoms with Crippen molar-refractivity contribution in [3.63, 3.8) is 0 Å². The SMILES string of the molecule is [CH2-]CC.[Rb+]. The van der Waals surface area contributed by atoms with Gasteiger partial charge in [0, 0.05) is 0 Å². The molecule has 0 aliphatic rings. The van der Waals surface area contributed by atoms with E-state index in [-0.39, 0.29) is 58.2 Å². The summed E-state index contributed by atoms with van der Waals surface area (Å²) >= 11 is 0. The number of hydrogen-bond donors (Lipinski definition) is 0. The van der Waals surface area contributed by atoms with E-state index in [1.165, 1.54) is 0 Å². The molecule has 0 nitrogen and oxygen atoms in total. The first-order valence-electron chi connectivity index (χ1n) is 1.21. The van der Waals surface area contributed by atoms with Crippen molar-refractivity contribution in [2.24, 2.45) is 0 Å². The molecule has 0 heterocycles. The standard InChI is InChI=1S/C3H7.Rb/c1-3-2;/h1,3H2,2H3;/q-1;+1. The van der Waals surface area contributed by atoms with Crippen molar-refractivity contribution in [2.45, 2.75) is 13.3 Å². The molecule has 0 radical (unpaired) electrons. The second-order valence-corrected chi connectivity index (χ2v) is 0.500. The normalized spacial score (nSPS) is 4.50. The van der Waals surface area contributed by atoms with Gasteiger partial charge in [0.1, 0.15) is 0 Å². The molecule has 4 heavy (non-hydrogen) atoms. The monoisotopic (exact) mass is 128 g/mol. The summed E-state index contributed by atoms with van der Waals surface area (Å²) in [6, 6.07) is 0. The second kappa shape index (κ2) is 8.84. The molecule has 0 spiro atoms. The van der Waals surface area contributed by atoms with Crippen LogP contribution in [0.2, 0.25) is 0 Å². The maximum atomic E-state index is 3.49. The van der Waals surface area contributed by atoms with Crippen LogP contribution >= 0.6 is 0 Å². The molecule has 0 aromatic carbocycles. The molecule has 0 rings (SSSR count). The third kappa shape index (κ3) is 9.19. The largest absolute Gasteiger partial charge is 1.00 e. The summed E-state index contributed by atoms with van der Waals surface area (Å²) in [6.45, 7) is 5.50. The van der Waals surface area contributed by atoms with Crippen LogP contribution in [0.3, 0.4) is 0 Å². The minimum absolute atomic E-state index is 0. The first-order chi connectivity index (χ1) is 1.41. The summed E-state index contributed by atoms with van der Waals surface area (Å²) < 4.78 is 0. The molecule has 0 N–H and O–H groups in total. The fraction of sp³-hybridized carbons (Fsp3) is 0.667. The van der Waals surface area contributed by atoms with Crippen molar-refractivity contribution >= 4 is 0 Å².